The highest BCUT2D eigenvalue weighted by Gasteiger charge is 2.40. The Balaban J connectivity index is 2.06. The van der Waals surface area contributed by atoms with Crippen LogP contribution in [0.4, 0.5) is 0 Å². The normalized spacial score (nSPS) is 36.0. The molecular weight excluding hydrogens is 246 g/mol. The summed E-state index contributed by atoms with van der Waals surface area (Å²) in [6.07, 6.45) is 4.54. The van der Waals surface area contributed by atoms with Crippen LogP contribution in [-0.2, 0) is 9.59 Å². The lowest BCUT2D eigenvalue weighted by Crippen LogP contribution is -2.52. The van der Waals surface area contributed by atoms with Gasteiger partial charge in [0.1, 0.15) is 0 Å². The van der Waals surface area contributed by atoms with Crippen LogP contribution in [0.1, 0.15) is 45.4 Å². The minimum absolute atomic E-state index is 0.0768. The zero-order valence-electron chi connectivity index (χ0n) is 11.5. The number of amides is 1. The van der Waals surface area contributed by atoms with Crippen molar-refractivity contribution in [3.05, 3.63) is 0 Å². The fourth-order valence-electron chi connectivity index (χ4n) is 3.36. The van der Waals surface area contributed by atoms with E-state index in [2.05, 4.69) is 0 Å². The van der Waals surface area contributed by atoms with Crippen molar-refractivity contribution in [2.75, 3.05) is 13.1 Å². The first kappa shape index (κ1) is 14.3. The van der Waals surface area contributed by atoms with Gasteiger partial charge in [-0.1, -0.05) is 12.8 Å². The maximum atomic E-state index is 12.5. The number of carboxylic acids is 1. The average molecular weight is 269 g/mol. The highest BCUT2D eigenvalue weighted by molar-refractivity contribution is 5.85. The van der Waals surface area contributed by atoms with E-state index in [1.807, 2.05) is 0 Å². The van der Waals surface area contributed by atoms with E-state index in [1.165, 1.54) is 0 Å². The number of carboxylic acid groups (broad SMARTS) is 1. The van der Waals surface area contributed by atoms with Gasteiger partial charge in [0.05, 0.1) is 17.4 Å². The largest absolute Gasteiger partial charge is 0.481 e. The Morgan fingerprint density at radius 3 is 2.37 bits per heavy atom. The Kier molecular flexibility index (Phi) is 4.13. The Bertz CT molecular complexity index is 366. The summed E-state index contributed by atoms with van der Waals surface area (Å²) < 4.78 is 0. The van der Waals surface area contributed by atoms with E-state index in [-0.39, 0.29) is 5.91 Å². The molecule has 5 nitrogen and oxygen atoms in total. The molecule has 3 atom stereocenters. The number of carbonyl (C=O) groups excluding carboxylic acids is 1. The van der Waals surface area contributed by atoms with E-state index in [9.17, 15) is 19.8 Å². The Morgan fingerprint density at radius 2 is 1.79 bits per heavy atom. The summed E-state index contributed by atoms with van der Waals surface area (Å²) in [6, 6.07) is 0. The number of likely N-dealkylation sites (tertiary alicyclic amines) is 1. The fourth-order valence-corrected chi connectivity index (χ4v) is 3.36. The van der Waals surface area contributed by atoms with Gasteiger partial charge >= 0.3 is 5.97 Å². The molecular formula is C14H23NO4. The monoisotopic (exact) mass is 269 g/mol. The second-order valence-electron chi connectivity index (χ2n) is 6.20. The zero-order valence-corrected chi connectivity index (χ0v) is 11.5. The van der Waals surface area contributed by atoms with Crippen molar-refractivity contribution in [1.29, 1.82) is 0 Å². The number of aliphatic carboxylic acids is 1. The minimum atomic E-state index is -0.859. The molecule has 108 valence electrons. The first-order valence-electron chi connectivity index (χ1n) is 7.15. The van der Waals surface area contributed by atoms with Gasteiger partial charge in [0, 0.05) is 13.1 Å². The molecule has 0 spiro atoms. The highest BCUT2D eigenvalue weighted by atomic mass is 16.4. The number of nitrogens with zero attached hydrogens (tertiary/aromatic N) is 1. The first-order valence-corrected chi connectivity index (χ1v) is 7.15. The molecule has 1 aliphatic heterocycles. The molecule has 19 heavy (non-hydrogen) atoms. The Labute approximate surface area is 113 Å². The van der Waals surface area contributed by atoms with Crippen LogP contribution < -0.4 is 0 Å². The van der Waals surface area contributed by atoms with Gasteiger partial charge in [-0.2, -0.15) is 0 Å². The van der Waals surface area contributed by atoms with Crippen molar-refractivity contribution in [1.82, 2.24) is 4.90 Å². The number of β-amino-alcohol motifs (C(OH)–C–C–N with tert-alkyl or cyclic N) is 1. The van der Waals surface area contributed by atoms with Gasteiger partial charge in [-0.25, -0.2) is 0 Å². The van der Waals surface area contributed by atoms with E-state index < -0.39 is 23.4 Å². The molecule has 1 amide bonds. The molecule has 1 aliphatic carbocycles. The summed E-state index contributed by atoms with van der Waals surface area (Å²) in [4.78, 5) is 25.4. The third-order valence-corrected chi connectivity index (χ3v) is 4.39. The molecule has 2 N–H and O–H groups in total. The summed E-state index contributed by atoms with van der Waals surface area (Å²) in [5.74, 6) is -1.89. The summed E-state index contributed by atoms with van der Waals surface area (Å²) in [5, 5.41) is 19.3. The molecule has 5 heteroatoms. The lowest BCUT2D eigenvalue weighted by molar-refractivity contribution is -0.155. The topological polar surface area (TPSA) is 77.8 Å². The molecule has 0 bridgehead atoms. The average Bonchev–Trinajstić information content (AvgIpc) is 2.36. The van der Waals surface area contributed by atoms with Gasteiger partial charge in [0.2, 0.25) is 5.91 Å². The molecule has 0 aromatic rings. The molecule has 0 aromatic heterocycles. The van der Waals surface area contributed by atoms with E-state index in [4.69, 9.17) is 0 Å². The van der Waals surface area contributed by atoms with Crippen LogP contribution in [0.2, 0.25) is 0 Å². The van der Waals surface area contributed by atoms with E-state index in [0.717, 1.165) is 19.3 Å². The first-order chi connectivity index (χ1) is 8.91. The predicted octanol–water partition coefficient (Wildman–Crippen LogP) is 1.25. The molecule has 3 unspecified atom stereocenters. The molecule has 1 heterocycles. The molecule has 2 aliphatic rings. The third kappa shape index (κ3) is 3.26. The molecule has 0 radical (unpaired) electrons. The third-order valence-electron chi connectivity index (χ3n) is 4.39. The number of hydrogen-bond donors (Lipinski definition) is 2. The van der Waals surface area contributed by atoms with Crippen LogP contribution in [0.5, 0.6) is 0 Å². The van der Waals surface area contributed by atoms with Crippen molar-refractivity contribution in [3.63, 3.8) is 0 Å². The molecule has 0 aromatic carbocycles. The second-order valence-corrected chi connectivity index (χ2v) is 6.20. The van der Waals surface area contributed by atoms with Crippen LogP contribution >= 0.6 is 0 Å². The van der Waals surface area contributed by atoms with Crippen LogP contribution in [-0.4, -0.2) is 45.7 Å². The van der Waals surface area contributed by atoms with Crippen LogP contribution in [0.25, 0.3) is 0 Å². The Hall–Kier alpha value is -1.10. The second kappa shape index (κ2) is 5.49. The molecule has 1 saturated heterocycles. The van der Waals surface area contributed by atoms with Crippen molar-refractivity contribution in [2.45, 2.75) is 51.0 Å². The lowest BCUT2D eigenvalue weighted by Gasteiger charge is -2.40. The van der Waals surface area contributed by atoms with Crippen LogP contribution in [0.15, 0.2) is 0 Å². The van der Waals surface area contributed by atoms with E-state index in [1.54, 1.807) is 11.8 Å². The summed E-state index contributed by atoms with van der Waals surface area (Å²) in [6.45, 7) is 2.70. The number of aliphatic hydroxyl groups is 1. The minimum Gasteiger partial charge on any atom is -0.481 e. The van der Waals surface area contributed by atoms with Gasteiger partial charge in [-0.15, -0.1) is 0 Å². The maximum Gasteiger partial charge on any atom is 0.307 e. The fraction of sp³-hybridized carbons (Fsp3) is 0.857. The Morgan fingerprint density at radius 1 is 1.16 bits per heavy atom. The van der Waals surface area contributed by atoms with Gasteiger partial charge in [-0.3, -0.25) is 9.59 Å². The lowest BCUT2D eigenvalue weighted by atomic mass is 9.78. The van der Waals surface area contributed by atoms with Gasteiger partial charge < -0.3 is 15.1 Å². The summed E-state index contributed by atoms with van der Waals surface area (Å²) in [7, 11) is 0. The SMILES string of the molecule is CC1(O)CCCN(C(=O)C2CCCCC2C(=O)O)C1. The van der Waals surface area contributed by atoms with E-state index >= 15 is 0 Å². The summed E-state index contributed by atoms with van der Waals surface area (Å²) >= 11 is 0. The highest BCUT2D eigenvalue weighted by Crippen LogP contribution is 2.33. The standard InChI is InChI=1S/C14H23NO4/c1-14(19)7-4-8-15(9-14)12(16)10-5-2-3-6-11(10)13(17)18/h10-11,19H,2-9H2,1H3,(H,17,18). The van der Waals surface area contributed by atoms with Crippen molar-refractivity contribution in [3.8, 4) is 0 Å². The van der Waals surface area contributed by atoms with Crippen LogP contribution in [0, 0.1) is 11.8 Å². The maximum absolute atomic E-state index is 12.5. The van der Waals surface area contributed by atoms with Crippen LogP contribution in [0.3, 0.4) is 0 Å². The quantitative estimate of drug-likeness (QED) is 0.791. The molecule has 2 fully saturated rings. The van der Waals surface area contributed by atoms with Gasteiger partial charge in [0.15, 0.2) is 0 Å². The van der Waals surface area contributed by atoms with E-state index in [0.29, 0.717) is 32.4 Å². The number of piperidine rings is 1. The summed E-state index contributed by atoms with van der Waals surface area (Å²) in [5.41, 5.74) is -0.832. The van der Waals surface area contributed by atoms with Gasteiger partial charge in [0.25, 0.3) is 0 Å². The van der Waals surface area contributed by atoms with Crippen molar-refractivity contribution < 1.29 is 19.8 Å². The number of carbonyl (C=O) groups is 2. The number of hydrogen-bond acceptors (Lipinski definition) is 3. The number of rotatable bonds is 2. The van der Waals surface area contributed by atoms with Gasteiger partial charge in [-0.05, 0) is 32.6 Å². The smallest absolute Gasteiger partial charge is 0.307 e. The zero-order chi connectivity index (χ0) is 14.0. The predicted molar refractivity (Wildman–Crippen MR) is 69.5 cm³/mol. The molecule has 2 rings (SSSR count). The molecule has 1 saturated carbocycles. The van der Waals surface area contributed by atoms with Crippen molar-refractivity contribution in [2.24, 2.45) is 11.8 Å². The van der Waals surface area contributed by atoms with Crippen molar-refractivity contribution >= 4 is 11.9 Å².